The minimum absolute atomic E-state index is 0.0918. The van der Waals surface area contributed by atoms with Crippen LogP contribution >= 0.6 is 11.8 Å². The number of hydrogen-bond donors (Lipinski definition) is 4. The molecular formula is C35H40N4O4S. The number of thioether (sulfide) groups is 1. The fourth-order valence-electron chi connectivity index (χ4n) is 5.95. The number of nitrogens with two attached hydrogens (primary N) is 1. The number of carbonyl (C=O) groups is 3. The lowest BCUT2D eigenvalue weighted by atomic mass is 9.97. The van der Waals surface area contributed by atoms with Gasteiger partial charge in [-0.1, -0.05) is 91.3 Å². The molecule has 4 aromatic rings. The van der Waals surface area contributed by atoms with Crippen LogP contribution in [0.5, 0.6) is 0 Å². The average Bonchev–Trinajstić information content (AvgIpc) is 3.03. The highest BCUT2D eigenvalue weighted by molar-refractivity contribution is 8.00. The summed E-state index contributed by atoms with van der Waals surface area (Å²) in [5.74, 6) is -0.974. The fourth-order valence-corrected chi connectivity index (χ4v) is 6.91. The number of nitrogens with zero attached hydrogens (tertiary/aromatic N) is 1. The van der Waals surface area contributed by atoms with Gasteiger partial charge in [0.1, 0.15) is 6.04 Å². The number of rotatable bonds is 11. The molecule has 8 nitrogen and oxygen atoms in total. The Morgan fingerprint density at radius 1 is 0.932 bits per heavy atom. The van der Waals surface area contributed by atoms with E-state index in [2.05, 4.69) is 34.9 Å². The van der Waals surface area contributed by atoms with Crippen LogP contribution in [-0.2, 0) is 27.3 Å². The number of amides is 2. The normalized spacial score (nSPS) is 18.7. The van der Waals surface area contributed by atoms with E-state index in [0.717, 1.165) is 45.5 Å². The SMILES string of the molecule is NCCCC[C@H]1CN([C@@H](Cc2cccc3ccccc23)C(=O)O)C(=O)CSC[C@H](NCc2cccc3ccccc23)C(=O)N1. The van der Waals surface area contributed by atoms with E-state index in [0.29, 0.717) is 25.3 Å². The maximum atomic E-state index is 13.7. The van der Waals surface area contributed by atoms with Crippen molar-refractivity contribution in [2.24, 2.45) is 5.73 Å². The van der Waals surface area contributed by atoms with Crippen LogP contribution in [0.25, 0.3) is 21.5 Å². The van der Waals surface area contributed by atoms with Crippen molar-refractivity contribution in [1.29, 1.82) is 0 Å². The first-order chi connectivity index (χ1) is 21.4. The highest BCUT2D eigenvalue weighted by Crippen LogP contribution is 2.23. The standard InChI is InChI=1S/C35H40N4O4S/c36-18-6-5-15-28-21-39(32(35(42)43)19-26-13-7-11-24-9-1-3-16-29(24)26)33(40)23-44-22-31(34(41)38-28)37-20-27-14-8-12-25-10-2-4-17-30(25)27/h1-4,7-14,16-17,28,31-32,37H,5-6,15,18-23,36H2,(H,38,41)(H,42,43)/t28-,31-,32-/m0/s1. The van der Waals surface area contributed by atoms with E-state index in [4.69, 9.17) is 5.73 Å². The maximum absolute atomic E-state index is 13.7. The monoisotopic (exact) mass is 612 g/mol. The molecule has 44 heavy (non-hydrogen) atoms. The van der Waals surface area contributed by atoms with Crippen molar-refractivity contribution >= 4 is 51.1 Å². The third kappa shape index (κ3) is 7.77. The molecule has 0 saturated carbocycles. The molecule has 1 saturated heterocycles. The van der Waals surface area contributed by atoms with E-state index in [1.165, 1.54) is 16.7 Å². The zero-order chi connectivity index (χ0) is 30.9. The molecule has 0 spiro atoms. The van der Waals surface area contributed by atoms with Crippen molar-refractivity contribution < 1.29 is 19.5 Å². The van der Waals surface area contributed by atoms with Crippen molar-refractivity contribution in [3.8, 4) is 0 Å². The Kier molecular flexibility index (Phi) is 10.9. The van der Waals surface area contributed by atoms with E-state index < -0.39 is 24.1 Å². The van der Waals surface area contributed by atoms with Crippen LogP contribution in [-0.4, -0.2) is 70.5 Å². The molecule has 9 heteroatoms. The topological polar surface area (TPSA) is 125 Å². The summed E-state index contributed by atoms with van der Waals surface area (Å²) in [5, 5.41) is 21.2. The van der Waals surface area contributed by atoms with Crippen LogP contribution < -0.4 is 16.4 Å². The Morgan fingerprint density at radius 2 is 1.57 bits per heavy atom. The molecule has 5 N–H and O–H groups in total. The Morgan fingerprint density at radius 3 is 2.25 bits per heavy atom. The lowest BCUT2D eigenvalue weighted by molar-refractivity contribution is -0.149. The number of hydrogen-bond acceptors (Lipinski definition) is 6. The van der Waals surface area contributed by atoms with E-state index in [9.17, 15) is 19.5 Å². The summed E-state index contributed by atoms with van der Waals surface area (Å²) in [5.41, 5.74) is 7.72. The van der Waals surface area contributed by atoms with Gasteiger partial charge in [0.05, 0.1) is 11.8 Å². The highest BCUT2D eigenvalue weighted by atomic mass is 32.2. The third-order valence-corrected chi connectivity index (χ3v) is 9.31. The number of carboxylic acids is 1. The molecule has 0 aromatic heterocycles. The summed E-state index contributed by atoms with van der Waals surface area (Å²) < 4.78 is 0. The lowest BCUT2D eigenvalue weighted by Gasteiger charge is -2.35. The van der Waals surface area contributed by atoms with Gasteiger partial charge in [-0.15, -0.1) is 11.8 Å². The van der Waals surface area contributed by atoms with Gasteiger partial charge < -0.3 is 26.4 Å². The van der Waals surface area contributed by atoms with Gasteiger partial charge in [0, 0.05) is 31.3 Å². The summed E-state index contributed by atoms with van der Waals surface area (Å²) in [4.78, 5) is 41.6. The van der Waals surface area contributed by atoms with E-state index in [-0.39, 0.29) is 30.5 Å². The minimum Gasteiger partial charge on any atom is -0.480 e. The molecule has 1 aliphatic heterocycles. The van der Waals surface area contributed by atoms with Gasteiger partial charge in [-0.05, 0) is 52.1 Å². The van der Waals surface area contributed by atoms with E-state index >= 15 is 0 Å². The Bertz CT molecular complexity index is 1600. The number of nitrogens with one attached hydrogen (secondary N) is 2. The molecule has 0 aliphatic carbocycles. The second kappa shape index (κ2) is 15.2. The Labute approximate surface area is 262 Å². The predicted molar refractivity (Wildman–Crippen MR) is 178 cm³/mol. The largest absolute Gasteiger partial charge is 0.480 e. The number of fused-ring (bicyclic) bond motifs is 2. The number of benzene rings is 4. The summed E-state index contributed by atoms with van der Waals surface area (Å²) >= 11 is 1.35. The molecular weight excluding hydrogens is 572 g/mol. The van der Waals surface area contributed by atoms with Crippen molar-refractivity contribution in [1.82, 2.24) is 15.5 Å². The molecule has 0 unspecified atom stereocenters. The number of carboxylic acid groups (broad SMARTS) is 1. The van der Waals surface area contributed by atoms with Crippen LogP contribution in [0.1, 0.15) is 30.4 Å². The summed E-state index contributed by atoms with van der Waals surface area (Å²) in [6.45, 7) is 1.14. The van der Waals surface area contributed by atoms with Gasteiger partial charge in [-0.3, -0.25) is 9.59 Å². The van der Waals surface area contributed by atoms with Gasteiger partial charge in [0.2, 0.25) is 11.8 Å². The number of unbranched alkanes of at least 4 members (excludes halogenated alkanes) is 1. The molecule has 3 atom stereocenters. The molecule has 1 heterocycles. The van der Waals surface area contributed by atoms with Crippen LogP contribution in [0.2, 0.25) is 0 Å². The quantitative estimate of drug-likeness (QED) is 0.186. The Hall–Kier alpha value is -3.92. The van der Waals surface area contributed by atoms with Crippen LogP contribution in [0, 0.1) is 0 Å². The molecule has 2 amide bonds. The van der Waals surface area contributed by atoms with Crippen molar-refractivity contribution in [2.75, 3.05) is 24.6 Å². The van der Waals surface area contributed by atoms with E-state index in [1.807, 2.05) is 60.7 Å². The highest BCUT2D eigenvalue weighted by Gasteiger charge is 2.34. The number of aliphatic carboxylic acids is 1. The third-order valence-electron chi connectivity index (χ3n) is 8.29. The first-order valence-electron chi connectivity index (χ1n) is 15.2. The van der Waals surface area contributed by atoms with Crippen LogP contribution in [0.3, 0.4) is 0 Å². The second-order valence-electron chi connectivity index (χ2n) is 11.3. The zero-order valence-electron chi connectivity index (χ0n) is 24.8. The Balaban J connectivity index is 1.36. The van der Waals surface area contributed by atoms with Gasteiger partial charge in [0.25, 0.3) is 0 Å². The minimum atomic E-state index is -1.07. The van der Waals surface area contributed by atoms with Crippen molar-refractivity contribution in [2.45, 2.75) is 50.4 Å². The average molecular weight is 613 g/mol. The first-order valence-corrected chi connectivity index (χ1v) is 16.4. The lowest BCUT2D eigenvalue weighted by Crippen LogP contribution is -2.57. The van der Waals surface area contributed by atoms with Crippen LogP contribution in [0.4, 0.5) is 0 Å². The second-order valence-corrected chi connectivity index (χ2v) is 12.3. The predicted octanol–water partition coefficient (Wildman–Crippen LogP) is 4.34. The molecule has 5 rings (SSSR count). The van der Waals surface area contributed by atoms with Gasteiger partial charge in [-0.25, -0.2) is 4.79 Å². The zero-order valence-corrected chi connectivity index (χ0v) is 25.6. The molecule has 4 aromatic carbocycles. The summed E-state index contributed by atoms with van der Waals surface area (Å²) in [7, 11) is 0. The van der Waals surface area contributed by atoms with Crippen molar-refractivity contribution in [3.63, 3.8) is 0 Å². The van der Waals surface area contributed by atoms with Crippen molar-refractivity contribution in [3.05, 3.63) is 96.1 Å². The summed E-state index contributed by atoms with van der Waals surface area (Å²) in [6.07, 6.45) is 2.30. The molecule has 1 fully saturated rings. The smallest absolute Gasteiger partial charge is 0.326 e. The first kappa shape index (κ1) is 31.5. The maximum Gasteiger partial charge on any atom is 0.326 e. The van der Waals surface area contributed by atoms with Gasteiger partial charge in [0.15, 0.2) is 0 Å². The van der Waals surface area contributed by atoms with Gasteiger partial charge in [-0.2, -0.15) is 0 Å². The van der Waals surface area contributed by atoms with E-state index in [1.54, 1.807) is 0 Å². The summed E-state index contributed by atoms with van der Waals surface area (Å²) in [6, 6.07) is 26.0. The van der Waals surface area contributed by atoms with Gasteiger partial charge >= 0.3 is 5.97 Å². The molecule has 230 valence electrons. The molecule has 0 bridgehead atoms. The fraction of sp³-hybridized carbons (Fsp3) is 0.343. The van der Waals surface area contributed by atoms with Crippen LogP contribution in [0.15, 0.2) is 84.9 Å². The number of carbonyl (C=O) groups excluding carboxylic acids is 2. The molecule has 1 aliphatic rings. The molecule has 0 radical (unpaired) electrons.